The van der Waals surface area contributed by atoms with Gasteiger partial charge in [-0.05, 0) is 18.4 Å². The first-order valence-corrected chi connectivity index (χ1v) is 4.84. The Morgan fingerprint density at radius 2 is 2.21 bits per heavy atom. The lowest BCUT2D eigenvalue weighted by molar-refractivity contribution is -0.387. The zero-order chi connectivity index (χ0) is 10.7. The SMILES string of the molecule is CSc1cc(C(=O)O)ccc1[N+](=O)[O-]. The van der Waals surface area contributed by atoms with E-state index >= 15 is 0 Å². The van der Waals surface area contributed by atoms with Crippen molar-refractivity contribution in [2.75, 3.05) is 6.26 Å². The number of rotatable bonds is 3. The first kappa shape index (κ1) is 10.5. The Morgan fingerprint density at radius 1 is 1.57 bits per heavy atom. The van der Waals surface area contributed by atoms with Gasteiger partial charge in [0.05, 0.1) is 15.4 Å². The molecule has 0 aliphatic rings. The van der Waals surface area contributed by atoms with E-state index in [-0.39, 0.29) is 11.3 Å². The van der Waals surface area contributed by atoms with E-state index < -0.39 is 10.9 Å². The van der Waals surface area contributed by atoms with Crippen molar-refractivity contribution in [3.05, 3.63) is 33.9 Å². The minimum Gasteiger partial charge on any atom is -0.478 e. The van der Waals surface area contributed by atoms with E-state index in [1.165, 1.54) is 18.2 Å². The molecule has 74 valence electrons. The molecule has 0 bridgehead atoms. The van der Waals surface area contributed by atoms with E-state index in [0.29, 0.717) is 4.90 Å². The molecular weight excluding hydrogens is 206 g/mol. The number of carbonyl (C=O) groups is 1. The van der Waals surface area contributed by atoms with E-state index in [2.05, 4.69) is 0 Å². The van der Waals surface area contributed by atoms with Gasteiger partial charge >= 0.3 is 5.97 Å². The minimum atomic E-state index is -1.09. The number of nitro groups is 1. The molecule has 1 aromatic rings. The van der Waals surface area contributed by atoms with Crippen molar-refractivity contribution in [3.63, 3.8) is 0 Å². The summed E-state index contributed by atoms with van der Waals surface area (Å²) in [5, 5.41) is 19.2. The van der Waals surface area contributed by atoms with Crippen molar-refractivity contribution in [1.82, 2.24) is 0 Å². The second-order valence-electron chi connectivity index (χ2n) is 2.45. The van der Waals surface area contributed by atoms with Crippen LogP contribution in [0.25, 0.3) is 0 Å². The van der Waals surface area contributed by atoms with Gasteiger partial charge in [0.15, 0.2) is 0 Å². The van der Waals surface area contributed by atoms with Gasteiger partial charge in [-0.15, -0.1) is 11.8 Å². The first-order chi connectivity index (χ1) is 6.56. The van der Waals surface area contributed by atoms with Gasteiger partial charge in [0.1, 0.15) is 0 Å². The quantitative estimate of drug-likeness (QED) is 0.472. The number of hydrogen-bond acceptors (Lipinski definition) is 4. The molecule has 0 aromatic heterocycles. The number of hydrogen-bond donors (Lipinski definition) is 1. The number of nitrogens with zero attached hydrogens (tertiary/aromatic N) is 1. The predicted octanol–water partition coefficient (Wildman–Crippen LogP) is 2.01. The van der Waals surface area contributed by atoms with E-state index in [1.54, 1.807) is 6.26 Å². The van der Waals surface area contributed by atoms with Gasteiger partial charge in [0.2, 0.25) is 0 Å². The number of aromatic carboxylic acids is 1. The standard InChI is InChI=1S/C8H7NO4S/c1-14-7-4-5(8(10)11)2-3-6(7)9(12)13/h2-4H,1H3,(H,10,11). The molecule has 1 aromatic carbocycles. The number of carboxylic acids is 1. The van der Waals surface area contributed by atoms with E-state index in [9.17, 15) is 14.9 Å². The van der Waals surface area contributed by atoms with E-state index in [0.717, 1.165) is 11.8 Å². The van der Waals surface area contributed by atoms with Crippen LogP contribution in [0.15, 0.2) is 23.1 Å². The maximum absolute atomic E-state index is 10.6. The molecule has 0 atom stereocenters. The zero-order valence-electron chi connectivity index (χ0n) is 7.26. The fourth-order valence-electron chi connectivity index (χ4n) is 0.961. The van der Waals surface area contributed by atoms with Gasteiger partial charge in [-0.2, -0.15) is 0 Å². The number of thioether (sulfide) groups is 1. The molecular formula is C8H7NO4S. The highest BCUT2D eigenvalue weighted by Gasteiger charge is 2.15. The largest absolute Gasteiger partial charge is 0.478 e. The van der Waals surface area contributed by atoms with Crippen LogP contribution in [0.2, 0.25) is 0 Å². The molecule has 0 saturated heterocycles. The van der Waals surface area contributed by atoms with Gasteiger partial charge in [-0.1, -0.05) is 0 Å². The summed E-state index contributed by atoms with van der Waals surface area (Å²) in [5.41, 5.74) is -0.0116. The van der Waals surface area contributed by atoms with Crippen molar-refractivity contribution >= 4 is 23.4 Å². The van der Waals surface area contributed by atoms with Crippen LogP contribution >= 0.6 is 11.8 Å². The normalized spacial score (nSPS) is 9.79. The molecule has 14 heavy (non-hydrogen) atoms. The highest BCUT2D eigenvalue weighted by atomic mass is 32.2. The van der Waals surface area contributed by atoms with Crippen LogP contribution in [0.4, 0.5) is 5.69 Å². The Bertz CT molecular complexity index is 391. The molecule has 6 heteroatoms. The van der Waals surface area contributed by atoms with E-state index in [4.69, 9.17) is 5.11 Å². The summed E-state index contributed by atoms with van der Waals surface area (Å²) < 4.78 is 0. The lowest BCUT2D eigenvalue weighted by Crippen LogP contribution is -1.98. The van der Waals surface area contributed by atoms with Gasteiger partial charge in [-0.3, -0.25) is 10.1 Å². The Kier molecular flexibility index (Phi) is 3.08. The molecule has 0 fully saturated rings. The van der Waals surface area contributed by atoms with Crippen LogP contribution in [-0.4, -0.2) is 22.3 Å². The second-order valence-corrected chi connectivity index (χ2v) is 3.30. The summed E-state index contributed by atoms with van der Waals surface area (Å²) in [4.78, 5) is 20.9. The molecule has 0 amide bonds. The fourth-order valence-corrected chi connectivity index (χ4v) is 1.56. The summed E-state index contributed by atoms with van der Waals surface area (Å²) in [6.45, 7) is 0. The molecule has 0 spiro atoms. The molecule has 0 unspecified atom stereocenters. The summed E-state index contributed by atoms with van der Waals surface area (Å²) in [6, 6.07) is 3.72. The summed E-state index contributed by atoms with van der Waals surface area (Å²) in [5.74, 6) is -1.09. The smallest absolute Gasteiger partial charge is 0.335 e. The molecule has 1 N–H and O–H groups in total. The number of benzene rings is 1. The van der Waals surface area contributed by atoms with Crippen LogP contribution < -0.4 is 0 Å². The van der Waals surface area contributed by atoms with Crippen molar-refractivity contribution in [1.29, 1.82) is 0 Å². The first-order valence-electron chi connectivity index (χ1n) is 3.62. The van der Waals surface area contributed by atoms with E-state index in [1.807, 2.05) is 0 Å². The van der Waals surface area contributed by atoms with Gasteiger partial charge in [0, 0.05) is 6.07 Å². The third kappa shape index (κ3) is 2.02. The Hall–Kier alpha value is -1.56. The van der Waals surface area contributed by atoms with Crippen molar-refractivity contribution in [3.8, 4) is 0 Å². The third-order valence-electron chi connectivity index (χ3n) is 1.62. The summed E-state index contributed by atoms with van der Waals surface area (Å²) in [7, 11) is 0. The summed E-state index contributed by atoms with van der Waals surface area (Å²) >= 11 is 1.15. The highest BCUT2D eigenvalue weighted by Crippen LogP contribution is 2.28. The molecule has 1 rings (SSSR count). The van der Waals surface area contributed by atoms with Crippen LogP contribution in [0.3, 0.4) is 0 Å². The topological polar surface area (TPSA) is 80.4 Å². The Balaban J connectivity index is 3.25. The number of carboxylic acid groups (broad SMARTS) is 1. The monoisotopic (exact) mass is 213 g/mol. The van der Waals surface area contributed by atoms with Gasteiger partial charge < -0.3 is 5.11 Å². The average Bonchev–Trinajstić information content (AvgIpc) is 2.16. The highest BCUT2D eigenvalue weighted by molar-refractivity contribution is 7.98. The minimum absolute atomic E-state index is 0.0555. The Morgan fingerprint density at radius 3 is 2.64 bits per heavy atom. The molecule has 0 heterocycles. The lowest BCUT2D eigenvalue weighted by Gasteiger charge is -2.00. The van der Waals surface area contributed by atoms with Crippen LogP contribution in [0.5, 0.6) is 0 Å². The molecule has 0 aliphatic heterocycles. The average molecular weight is 213 g/mol. The van der Waals surface area contributed by atoms with Crippen molar-refractivity contribution < 1.29 is 14.8 Å². The second kappa shape index (κ2) is 4.10. The zero-order valence-corrected chi connectivity index (χ0v) is 8.08. The molecule has 0 radical (unpaired) electrons. The lowest BCUT2D eigenvalue weighted by atomic mass is 10.2. The van der Waals surface area contributed by atoms with Crippen molar-refractivity contribution in [2.24, 2.45) is 0 Å². The molecule has 5 nitrogen and oxygen atoms in total. The van der Waals surface area contributed by atoms with Crippen molar-refractivity contribution in [2.45, 2.75) is 4.90 Å². The molecule has 0 aliphatic carbocycles. The Labute approximate surface area is 83.9 Å². The maximum atomic E-state index is 10.6. The van der Waals surface area contributed by atoms with Crippen LogP contribution in [0, 0.1) is 10.1 Å². The van der Waals surface area contributed by atoms with Crippen LogP contribution in [-0.2, 0) is 0 Å². The third-order valence-corrected chi connectivity index (χ3v) is 2.39. The summed E-state index contributed by atoms with van der Waals surface area (Å²) in [6.07, 6.45) is 1.66. The number of nitro benzene ring substituents is 1. The van der Waals surface area contributed by atoms with Crippen LogP contribution in [0.1, 0.15) is 10.4 Å². The fraction of sp³-hybridized carbons (Fsp3) is 0.125. The van der Waals surface area contributed by atoms with Gasteiger partial charge in [-0.25, -0.2) is 4.79 Å². The molecule has 0 saturated carbocycles. The predicted molar refractivity (Wildman–Crippen MR) is 51.8 cm³/mol. The van der Waals surface area contributed by atoms with Gasteiger partial charge in [0.25, 0.3) is 5.69 Å². The maximum Gasteiger partial charge on any atom is 0.335 e.